The van der Waals surface area contributed by atoms with Gasteiger partial charge in [-0.1, -0.05) is 23.7 Å². The molecule has 1 unspecified atom stereocenters. The van der Waals surface area contributed by atoms with E-state index < -0.39 is 9.84 Å². The fourth-order valence-electron chi connectivity index (χ4n) is 1.85. The monoisotopic (exact) mass is 325 g/mol. The van der Waals surface area contributed by atoms with Gasteiger partial charge in [0.05, 0.1) is 11.1 Å². The van der Waals surface area contributed by atoms with Gasteiger partial charge in [0.25, 0.3) is 0 Å². The van der Waals surface area contributed by atoms with E-state index in [1.165, 1.54) is 6.26 Å². The van der Waals surface area contributed by atoms with Gasteiger partial charge in [-0.3, -0.25) is 0 Å². The number of nitrogens with zero attached hydrogens (tertiary/aromatic N) is 2. The summed E-state index contributed by atoms with van der Waals surface area (Å²) in [7, 11) is -3.18. The summed E-state index contributed by atoms with van der Waals surface area (Å²) in [6.07, 6.45) is 2.73. The Morgan fingerprint density at radius 1 is 1.24 bits per heavy atom. The van der Waals surface area contributed by atoms with E-state index in [1.807, 2.05) is 6.92 Å². The van der Waals surface area contributed by atoms with Gasteiger partial charge in [-0.2, -0.15) is 0 Å². The van der Waals surface area contributed by atoms with Gasteiger partial charge < -0.3 is 5.32 Å². The lowest BCUT2D eigenvalue weighted by atomic mass is 10.1. The van der Waals surface area contributed by atoms with Crippen LogP contribution in [0.25, 0.3) is 0 Å². The minimum Gasteiger partial charge on any atom is -0.362 e. The Bertz CT molecular complexity index is 745. The number of nitrogens with one attached hydrogen (secondary N) is 1. The Labute approximate surface area is 129 Å². The number of benzene rings is 1. The Kier molecular flexibility index (Phi) is 4.49. The molecule has 0 amide bonds. The topological polar surface area (TPSA) is 72.0 Å². The zero-order chi connectivity index (χ0) is 15.6. The molecule has 0 spiro atoms. The zero-order valence-corrected chi connectivity index (χ0v) is 13.5. The molecule has 1 aromatic carbocycles. The molecule has 0 saturated heterocycles. The number of hydrogen-bond donors (Lipinski definition) is 1. The van der Waals surface area contributed by atoms with Crippen LogP contribution < -0.4 is 5.32 Å². The molecule has 1 N–H and O–H groups in total. The van der Waals surface area contributed by atoms with E-state index >= 15 is 0 Å². The lowest BCUT2D eigenvalue weighted by Crippen LogP contribution is -2.09. The van der Waals surface area contributed by atoms with Crippen molar-refractivity contribution in [3.8, 4) is 0 Å². The van der Waals surface area contributed by atoms with Gasteiger partial charge >= 0.3 is 0 Å². The molecular weight excluding hydrogens is 310 g/mol. The van der Waals surface area contributed by atoms with Crippen molar-refractivity contribution in [2.45, 2.75) is 24.8 Å². The van der Waals surface area contributed by atoms with Crippen LogP contribution in [0.2, 0.25) is 5.02 Å². The molecule has 0 aliphatic heterocycles. The van der Waals surface area contributed by atoms with E-state index in [4.69, 9.17) is 11.6 Å². The number of anilines is 1. The highest BCUT2D eigenvalue weighted by atomic mass is 35.5. The molecular formula is C14H16ClN3O2S. The smallest absolute Gasteiger partial charge is 0.175 e. The van der Waals surface area contributed by atoms with Gasteiger partial charge in [-0.25, -0.2) is 18.4 Å². The highest BCUT2D eigenvalue weighted by Gasteiger charge is 2.11. The molecule has 0 radical (unpaired) electrons. The molecule has 5 nitrogen and oxygen atoms in total. The number of halogens is 1. The molecule has 2 aromatic rings. The minimum atomic E-state index is -3.18. The van der Waals surface area contributed by atoms with Gasteiger partial charge in [0, 0.05) is 12.3 Å². The molecule has 112 valence electrons. The van der Waals surface area contributed by atoms with Gasteiger partial charge in [0.2, 0.25) is 0 Å². The second-order valence-electron chi connectivity index (χ2n) is 4.82. The van der Waals surface area contributed by atoms with Crippen molar-refractivity contribution in [1.82, 2.24) is 9.97 Å². The first kappa shape index (κ1) is 15.7. The number of aromatic nitrogens is 2. The molecule has 0 aliphatic rings. The molecule has 21 heavy (non-hydrogen) atoms. The maximum Gasteiger partial charge on any atom is 0.175 e. The molecule has 0 saturated carbocycles. The summed E-state index contributed by atoms with van der Waals surface area (Å²) < 4.78 is 22.9. The Morgan fingerprint density at radius 2 is 1.86 bits per heavy atom. The van der Waals surface area contributed by atoms with Crippen LogP contribution in [-0.2, 0) is 9.84 Å². The van der Waals surface area contributed by atoms with Crippen molar-refractivity contribution >= 4 is 27.3 Å². The molecule has 0 aliphatic carbocycles. The highest BCUT2D eigenvalue weighted by molar-refractivity contribution is 7.90. The first-order valence-corrected chi connectivity index (χ1v) is 8.60. The Morgan fingerprint density at radius 3 is 2.43 bits per heavy atom. The lowest BCUT2D eigenvalue weighted by Gasteiger charge is -2.16. The van der Waals surface area contributed by atoms with E-state index in [0.717, 1.165) is 5.56 Å². The summed E-state index contributed by atoms with van der Waals surface area (Å²) in [5.41, 5.74) is 0.940. The Balaban J connectivity index is 2.20. The largest absolute Gasteiger partial charge is 0.362 e. The molecule has 7 heteroatoms. The second kappa shape index (κ2) is 5.99. The van der Waals surface area contributed by atoms with E-state index in [9.17, 15) is 8.42 Å². The van der Waals surface area contributed by atoms with Gasteiger partial charge in [0.1, 0.15) is 16.7 Å². The third-order valence-electron chi connectivity index (χ3n) is 3.03. The van der Waals surface area contributed by atoms with E-state index in [0.29, 0.717) is 21.6 Å². The summed E-state index contributed by atoms with van der Waals surface area (Å²) in [5, 5.41) is 3.64. The molecule has 2 rings (SSSR count). The van der Waals surface area contributed by atoms with Crippen LogP contribution in [0.15, 0.2) is 35.4 Å². The number of sulfone groups is 1. The Hall–Kier alpha value is -1.66. The standard InChI is InChI=1S/C14H16ClN3O2S/c1-9(17-14-13(15)8-16-10(2)18-14)11-4-6-12(7-5-11)21(3,19)20/h4-9H,1-3H3,(H,16,17,18). The molecule has 0 bridgehead atoms. The summed E-state index contributed by atoms with van der Waals surface area (Å²) in [6.45, 7) is 3.73. The van der Waals surface area contributed by atoms with Crippen LogP contribution in [0.4, 0.5) is 5.82 Å². The molecule has 1 atom stereocenters. The average molecular weight is 326 g/mol. The minimum absolute atomic E-state index is 0.0644. The van der Waals surface area contributed by atoms with Crippen LogP contribution in [-0.4, -0.2) is 24.6 Å². The first-order valence-electron chi connectivity index (χ1n) is 6.33. The maximum absolute atomic E-state index is 11.4. The van der Waals surface area contributed by atoms with Crippen LogP contribution >= 0.6 is 11.6 Å². The first-order chi connectivity index (χ1) is 9.77. The van der Waals surface area contributed by atoms with E-state index in [-0.39, 0.29) is 6.04 Å². The predicted octanol–water partition coefficient (Wildman–Crippen LogP) is 3.02. The summed E-state index contributed by atoms with van der Waals surface area (Å²) in [6, 6.07) is 6.67. The number of rotatable bonds is 4. The van der Waals surface area contributed by atoms with Crippen molar-refractivity contribution in [3.05, 3.63) is 46.9 Å². The number of aryl methyl sites for hydroxylation is 1. The zero-order valence-electron chi connectivity index (χ0n) is 12.0. The molecule has 1 heterocycles. The highest BCUT2D eigenvalue weighted by Crippen LogP contribution is 2.24. The van der Waals surface area contributed by atoms with Crippen molar-refractivity contribution in [2.75, 3.05) is 11.6 Å². The maximum atomic E-state index is 11.4. The van der Waals surface area contributed by atoms with Crippen LogP contribution in [0.1, 0.15) is 24.4 Å². The molecule has 1 aromatic heterocycles. The van der Waals surface area contributed by atoms with E-state index in [2.05, 4.69) is 15.3 Å². The van der Waals surface area contributed by atoms with Gasteiger partial charge in [-0.15, -0.1) is 0 Å². The second-order valence-corrected chi connectivity index (χ2v) is 7.24. The van der Waals surface area contributed by atoms with Gasteiger partial charge in [0.15, 0.2) is 9.84 Å². The third kappa shape index (κ3) is 3.92. The van der Waals surface area contributed by atoms with Crippen LogP contribution in [0.5, 0.6) is 0 Å². The molecule has 0 fully saturated rings. The fraction of sp³-hybridized carbons (Fsp3) is 0.286. The summed E-state index contributed by atoms with van der Waals surface area (Å²) >= 11 is 6.05. The van der Waals surface area contributed by atoms with Crippen molar-refractivity contribution in [2.24, 2.45) is 0 Å². The number of hydrogen-bond acceptors (Lipinski definition) is 5. The fourth-order valence-corrected chi connectivity index (χ4v) is 2.62. The van der Waals surface area contributed by atoms with Crippen LogP contribution in [0, 0.1) is 6.92 Å². The van der Waals surface area contributed by atoms with Crippen molar-refractivity contribution < 1.29 is 8.42 Å². The van der Waals surface area contributed by atoms with Crippen LogP contribution in [0.3, 0.4) is 0 Å². The normalized spacial score (nSPS) is 13.0. The van der Waals surface area contributed by atoms with Crippen molar-refractivity contribution in [3.63, 3.8) is 0 Å². The van der Waals surface area contributed by atoms with E-state index in [1.54, 1.807) is 37.4 Å². The predicted molar refractivity (Wildman–Crippen MR) is 83.4 cm³/mol. The summed E-state index contributed by atoms with van der Waals surface area (Å²) in [4.78, 5) is 8.55. The lowest BCUT2D eigenvalue weighted by molar-refractivity contribution is 0.602. The third-order valence-corrected chi connectivity index (χ3v) is 4.43. The summed E-state index contributed by atoms with van der Waals surface area (Å²) in [5.74, 6) is 1.19. The SMILES string of the molecule is Cc1ncc(Cl)c(NC(C)c2ccc(S(C)(=O)=O)cc2)n1. The quantitative estimate of drug-likeness (QED) is 0.935. The van der Waals surface area contributed by atoms with Crippen molar-refractivity contribution in [1.29, 1.82) is 0 Å². The van der Waals surface area contributed by atoms with Gasteiger partial charge in [-0.05, 0) is 31.5 Å². The average Bonchev–Trinajstić information content (AvgIpc) is 2.42.